The van der Waals surface area contributed by atoms with Gasteiger partial charge >= 0.3 is 0 Å². The Morgan fingerprint density at radius 2 is 1.30 bits per heavy atom. The van der Waals surface area contributed by atoms with Gasteiger partial charge in [-0.1, -0.05) is 139 Å². The number of anilines is 2. The van der Waals surface area contributed by atoms with Gasteiger partial charge < -0.3 is 18.3 Å². The Morgan fingerprint density at radius 1 is 0.540 bits per heavy atom. The highest BCUT2D eigenvalue weighted by Gasteiger charge is 2.26. The molecule has 4 heteroatoms. The van der Waals surface area contributed by atoms with Crippen molar-refractivity contribution >= 4 is 88.6 Å². The van der Waals surface area contributed by atoms with Gasteiger partial charge in [-0.25, -0.2) is 0 Å². The Labute approximate surface area is 363 Å². The van der Waals surface area contributed by atoms with Crippen molar-refractivity contribution in [1.82, 2.24) is 4.57 Å². The van der Waals surface area contributed by atoms with Crippen molar-refractivity contribution < 1.29 is 8.83 Å². The summed E-state index contributed by atoms with van der Waals surface area (Å²) >= 11 is 0. The molecule has 0 amide bonds. The van der Waals surface area contributed by atoms with Gasteiger partial charge in [0, 0.05) is 66.8 Å². The van der Waals surface area contributed by atoms with E-state index in [1.807, 2.05) is 12.1 Å². The molecule has 0 atom stereocenters. The molecule has 2 aliphatic carbocycles. The molecule has 13 rings (SSSR count). The number of rotatable bonds is 6. The molecule has 0 fully saturated rings. The number of allylic oxidation sites excluding steroid dienone is 5. The van der Waals surface area contributed by atoms with Crippen molar-refractivity contribution in [3.05, 3.63) is 211 Å². The van der Waals surface area contributed by atoms with Crippen LogP contribution in [0, 0.1) is 11.8 Å². The molecule has 0 saturated heterocycles. The van der Waals surface area contributed by atoms with E-state index in [9.17, 15) is 0 Å². The van der Waals surface area contributed by atoms with Crippen LogP contribution >= 0.6 is 0 Å². The van der Waals surface area contributed by atoms with E-state index in [0.717, 1.165) is 102 Å². The number of hydrogen-bond acceptors (Lipinski definition) is 3. The summed E-state index contributed by atoms with van der Waals surface area (Å²) in [5.41, 5.74) is 16.3. The molecule has 11 aromatic rings. The lowest BCUT2D eigenvalue weighted by Gasteiger charge is -2.32. The van der Waals surface area contributed by atoms with Crippen LogP contribution in [-0.2, 0) is 0 Å². The van der Waals surface area contributed by atoms with Crippen LogP contribution in [0.5, 0.6) is 0 Å². The van der Waals surface area contributed by atoms with Crippen LogP contribution in [-0.4, -0.2) is 4.57 Å². The highest BCUT2D eigenvalue weighted by Crippen LogP contribution is 2.47. The van der Waals surface area contributed by atoms with Crippen LogP contribution in [0.1, 0.15) is 36.1 Å². The second kappa shape index (κ2) is 14.2. The quantitative estimate of drug-likeness (QED) is 0.157. The predicted octanol–water partition coefficient (Wildman–Crippen LogP) is 15.9. The molecule has 2 aliphatic rings. The van der Waals surface area contributed by atoms with Crippen molar-refractivity contribution in [3.63, 3.8) is 0 Å². The molecular formula is C59H38N2O2. The van der Waals surface area contributed by atoms with E-state index in [4.69, 9.17) is 8.83 Å². The van der Waals surface area contributed by atoms with Crippen LogP contribution in [0.3, 0.4) is 0 Å². The number of aromatic nitrogens is 1. The number of para-hydroxylation sites is 4. The number of benzene rings is 8. The SMILES string of the molecule is C1#Cc2c(c3ccccc3n2-c2ccccc2C2=CC=C(N(c3ccc4oc5ccccc5c4c3)c3ccccc3-c3cccc4oc5c6ccccc6ccc5c34)CC2)C=CC1. The summed E-state index contributed by atoms with van der Waals surface area (Å²) < 4.78 is 15.4. The van der Waals surface area contributed by atoms with E-state index < -0.39 is 0 Å². The molecule has 63 heavy (non-hydrogen) atoms. The molecule has 296 valence electrons. The van der Waals surface area contributed by atoms with E-state index in [-0.39, 0.29) is 0 Å². The Hall–Kier alpha value is -8.26. The van der Waals surface area contributed by atoms with Crippen LogP contribution in [0.25, 0.3) is 94.0 Å². The standard InChI is InChI=1S/C59H38N2O2/c1-2-18-44-45-19-7-12-26-54(45)61(53(44)23-3-1)51-24-10-6-16-42(51)39-29-32-40(33-30-39)60(41-34-36-56-50(37-41)47-21-9-13-27-55(47)62-56)52-25-11-8-20-46(52)48-22-14-28-57-58(48)49-35-31-38-15-4-5-17-43(38)59(49)63-57/h2,4-22,24-29,31-32,34-37H,1,30,33H2. The zero-order valence-electron chi connectivity index (χ0n) is 34.3. The summed E-state index contributed by atoms with van der Waals surface area (Å²) in [4.78, 5) is 2.47. The molecule has 0 aliphatic heterocycles. The van der Waals surface area contributed by atoms with Crippen LogP contribution in [0.2, 0.25) is 0 Å². The highest BCUT2D eigenvalue weighted by molar-refractivity contribution is 6.20. The second-order valence-electron chi connectivity index (χ2n) is 16.5. The van der Waals surface area contributed by atoms with Crippen LogP contribution < -0.4 is 4.90 Å². The molecular weight excluding hydrogens is 769 g/mol. The number of fused-ring (bicyclic) bond motifs is 11. The smallest absolute Gasteiger partial charge is 0.143 e. The first-order chi connectivity index (χ1) is 31.3. The van der Waals surface area contributed by atoms with E-state index in [1.54, 1.807) is 0 Å². The topological polar surface area (TPSA) is 34.5 Å². The second-order valence-corrected chi connectivity index (χ2v) is 16.5. The first-order valence-electron chi connectivity index (χ1n) is 21.7. The first-order valence-corrected chi connectivity index (χ1v) is 21.7. The van der Waals surface area contributed by atoms with Gasteiger partial charge in [0.25, 0.3) is 0 Å². The van der Waals surface area contributed by atoms with Gasteiger partial charge in [-0.2, -0.15) is 0 Å². The average molecular weight is 807 g/mol. The zero-order valence-corrected chi connectivity index (χ0v) is 34.3. The minimum absolute atomic E-state index is 0.748. The Morgan fingerprint density at radius 3 is 2.22 bits per heavy atom. The summed E-state index contributed by atoms with van der Waals surface area (Å²) in [6.07, 6.45) is 11.5. The number of furan rings is 2. The van der Waals surface area contributed by atoms with Crippen molar-refractivity contribution in [2.45, 2.75) is 19.3 Å². The van der Waals surface area contributed by atoms with Crippen molar-refractivity contribution in [3.8, 4) is 28.7 Å². The normalized spacial score (nSPS) is 13.7. The summed E-state index contributed by atoms with van der Waals surface area (Å²) in [5.74, 6) is 6.92. The third kappa shape index (κ3) is 5.57. The van der Waals surface area contributed by atoms with E-state index in [2.05, 4.69) is 203 Å². The molecule has 0 bridgehead atoms. The van der Waals surface area contributed by atoms with Gasteiger partial charge in [0.15, 0.2) is 0 Å². The van der Waals surface area contributed by atoms with Crippen LogP contribution in [0.15, 0.2) is 203 Å². The number of hydrogen-bond donors (Lipinski definition) is 0. The zero-order chi connectivity index (χ0) is 41.4. The molecule has 8 aromatic carbocycles. The summed E-state index contributed by atoms with van der Waals surface area (Å²) in [6.45, 7) is 0. The highest BCUT2D eigenvalue weighted by atomic mass is 16.3. The van der Waals surface area contributed by atoms with Gasteiger partial charge in [0.2, 0.25) is 0 Å². The first kappa shape index (κ1) is 35.5. The predicted molar refractivity (Wildman–Crippen MR) is 262 cm³/mol. The Balaban J connectivity index is 1.000. The van der Waals surface area contributed by atoms with Gasteiger partial charge in [0.05, 0.1) is 16.9 Å². The van der Waals surface area contributed by atoms with Crippen LogP contribution in [0.4, 0.5) is 11.4 Å². The monoisotopic (exact) mass is 806 g/mol. The summed E-state index contributed by atoms with van der Waals surface area (Å²) in [5, 5.41) is 7.95. The lowest BCUT2D eigenvalue weighted by Crippen LogP contribution is -2.19. The van der Waals surface area contributed by atoms with Gasteiger partial charge in [-0.05, 0) is 96.0 Å². The average Bonchev–Trinajstić information content (AvgIpc) is 3.95. The van der Waals surface area contributed by atoms with E-state index in [0.29, 0.717) is 0 Å². The largest absolute Gasteiger partial charge is 0.456 e. The summed E-state index contributed by atoms with van der Waals surface area (Å²) in [7, 11) is 0. The Kier molecular flexibility index (Phi) is 7.98. The third-order valence-electron chi connectivity index (χ3n) is 13.0. The Bertz CT molecular complexity index is 3850. The molecule has 0 N–H and O–H groups in total. The molecule has 4 nitrogen and oxygen atoms in total. The van der Waals surface area contributed by atoms with Crippen molar-refractivity contribution in [2.75, 3.05) is 4.90 Å². The fraction of sp³-hybridized carbons (Fsp3) is 0.0508. The fourth-order valence-corrected chi connectivity index (χ4v) is 10.1. The molecule has 0 radical (unpaired) electrons. The molecule has 0 unspecified atom stereocenters. The molecule has 3 aromatic heterocycles. The number of nitrogens with zero attached hydrogens (tertiary/aromatic N) is 2. The van der Waals surface area contributed by atoms with Gasteiger partial charge in [0.1, 0.15) is 28.0 Å². The fourth-order valence-electron chi connectivity index (χ4n) is 10.1. The maximum Gasteiger partial charge on any atom is 0.143 e. The minimum atomic E-state index is 0.748. The molecule has 0 spiro atoms. The maximum atomic E-state index is 6.70. The van der Waals surface area contributed by atoms with Crippen molar-refractivity contribution in [1.29, 1.82) is 0 Å². The van der Waals surface area contributed by atoms with Gasteiger partial charge in [-0.15, -0.1) is 0 Å². The molecule has 3 heterocycles. The van der Waals surface area contributed by atoms with E-state index in [1.165, 1.54) is 38.7 Å². The maximum absolute atomic E-state index is 6.70. The third-order valence-corrected chi connectivity index (χ3v) is 13.0. The minimum Gasteiger partial charge on any atom is -0.456 e. The van der Waals surface area contributed by atoms with Crippen molar-refractivity contribution in [2.24, 2.45) is 0 Å². The lowest BCUT2D eigenvalue weighted by atomic mass is 9.92. The van der Waals surface area contributed by atoms with Gasteiger partial charge in [-0.3, -0.25) is 0 Å². The molecule has 0 saturated carbocycles. The summed E-state index contributed by atoms with van der Waals surface area (Å²) in [6, 6.07) is 60.6. The van der Waals surface area contributed by atoms with E-state index >= 15 is 0 Å². The lowest BCUT2D eigenvalue weighted by molar-refractivity contribution is 0.669.